The number of thiazole rings is 1. The summed E-state index contributed by atoms with van der Waals surface area (Å²) in [5.74, 6) is 0.682. The third-order valence-electron chi connectivity index (χ3n) is 3.47. The highest BCUT2D eigenvalue weighted by Gasteiger charge is 2.13. The lowest BCUT2D eigenvalue weighted by Crippen LogP contribution is -1.89. The lowest BCUT2D eigenvalue weighted by molar-refractivity contribution is 0.416. The summed E-state index contributed by atoms with van der Waals surface area (Å²) in [5.41, 5.74) is 2.88. The van der Waals surface area contributed by atoms with Crippen molar-refractivity contribution in [3.05, 3.63) is 68.5 Å². The maximum absolute atomic E-state index is 9.50. The molecule has 0 amide bonds. The van der Waals surface area contributed by atoms with Gasteiger partial charge >= 0.3 is 0 Å². The first-order valence-electron chi connectivity index (χ1n) is 7.28. The lowest BCUT2D eigenvalue weighted by Gasteiger charge is -2.06. The van der Waals surface area contributed by atoms with Gasteiger partial charge in [-0.05, 0) is 42.0 Å². The van der Waals surface area contributed by atoms with E-state index in [-0.39, 0.29) is 0 Å². The van der Waals surface area contributed by atoms with E-state index in [1.807, 2.05) is 17.5 Å². The molecule has 0 aliphatic rings. The number of hydrogen-bond acceptors (Lipinski definition) is 4. The summed E-state index contributed by atoms with van der Waals surface area (Å²) in [7, 11) is 1.60. The molecule has 0 aliphatic carbocycles. The average Bonchev–Trinajstić information content (AvgIpc) is 3.11. The monoisotopic (exact) mass is 386 g/mol. The van der Waals surface area contributed by atoms with Gasteiger partial charge in [-0.3, -0.25) is 0 Å². The summed E-state index contributed by atoms with van der Waals surface area (Å²) in [4.78, 5) is 4.58. The van der Waals surface area contributed by atoms with Crippen LogP contribution in [0.2, 0.25) is 10.0 Å². The Morgan fingerprint density at radius 1 is 1.16 bits per heavy atom. The number of allylic oxidation sites excluding steroid dienone is 1. The van der Waals surface area contributed by atoms with Crippen molar-refractivity contribution in [1.82, 2.24) is 4.98 Å². The number of halogens is 2. The number of nitrogens with zero attached hydrogens (tertiary/aromatic N) is 2. The van der Waals surface area contributed by atoms with Crippen LogP contribution in [0.1, 0.15) is 10.6 Å². The van der Waals surface area contributed by atoms with E-state index in [9.17, 15) is 5.26 Å². The Morgan fingerprint density at radius 3 is 2.56 bits per heavy atom. The van der Waals surface area contributed by atoms with Gasteiger partial charge in [-0.1, -0.05) is 35.3 Å². The molecule has 3 nitrogen and oxygen atoms in total. The summed E-state index contributed by atoms with van der Waals surface area (Å²) in [6, 6.07) is 14.8. The zero-order valence-electron chi connectivity index (χ0n) is 13.2. The van der Waals surface area contributed by atoms with E-state index in [1.54, 1.807) is 43.5 Å². The third kappa shape index (κ3) is 4.02. The van der Waals surface area contributed by atoms with Gasteiger partial charge in [0.1, 0.15) is 16.8 Å². The van der Waals surface area contributed by atoms with E-state index in [0.29, 0.717) is 26.4 Å². The average molecular weight is 387 g/mol. The van der Waals surface area contributed by atoms with Crippen LogP contribution in [0.5, 0.6) is 5.75 Å². The zero-order valence-corrected chi connectivity index (χ0v) is 15.5. The fraction of sp³-hybridized carbons (Fsp3) is 0.0526. The highest BCUT2D eigenvalue weighted by atomic mass is 35.5. The van der Waals surface area contributed by atoms with Crippen LogP contribution in [-0.2, 0) is 0 Å². The summed E-state index contributed by atoms with van der Waals surface area (Å²) in [6.45, 7) is 0. The van der Waals surface area contributed by atoms with Crippen molar-refractivity contribution < 1.29 is 4.74 Å². The quantitative estimate of drug-likeness (QED) is 0.502. The first kappa shape index (κ1) is 17.5. The molecule has 0 unspecified atom stereocenters. The van der Waals surface area contributed by atoms with Gasteiger partial charge in [-0.25, -0.2) is 4.98 Å². The first-order valence-corrected chi connectivity index (χ1v) is 8.91. The van der Waals surface area contributed by atoms with Gasteiger partial charge in [0.15, 0.2) is 0 Å². The minimum atomic E-state index is 0.486. The molecule has 0 saturated carbocycles. The molecule has 0 spiro atoms. The molecule has 6 heteroatoms. The van der Waals surface area contributed by atoms with Crippen molar-refractivity contribution in [2.75, 3.05) is 7.11 Å². The molecule has 0 bridgehead atoms. The Balaban J connectivity index is 1.99. The Morgan fingerprint density at radius 2 is 1.88 bits per heavy atom. The molecule has 124 valence electrons. The van der Waals surface area contributed by atoms with Gasteiger partial charge in [0.25, 0.3) is 0 Å². The fourth-order valence-electron chi connectivity index (χ4n) is 2.27. The molecular formula is C19H12Cl2N2OS. The number of methoxy groups -OCH3 is 1. The van der Waals surface area contributed by atoms with Crippen LogP contribution in [0.15, 0.2) is 47.8 Å². The van der Waals surface area contributed by atoms with E-state index in [0.717, 1.165) is 16.8 Å². The number of ether oxygens (including phenoxy) is 1. The number of rotatable bonds is 4. The molecule has 0 saturated heterocycles. The van der Waals surface area contributed by atoms with Crippen molar-refractivity contribution in [2.24, 2.45) is 0 Å². The minimum absolute atomic E-state index is 0.486. The largest absolute Gasteiger partial charge is 0.496 e. The van der Waals surface area contributed by atoms with Crippen LogP contribution in [0, 0.1) is 11.3 Å². The van der Waals surface area contributed by atoms with Crippen LogP contribution in [0.3, 0.4) is 0 Å². The van der Waals surface area contributed by atoms with Gasteiger partial charge in [0, 0.05) is 21.0 Å². The van der Waals surface area contributed by atoms with Crippen LogP contribution in [0.25, 0.3) is 22.9 Å². The third-order valence-corrected chi connectivity index (χ3v) is 4.84. The number of benzene rings is 2. The minimum Gasteiger partial charge on any atom is -0.496 e. The van der Waals surface area contributed by atoms with Gasteiger partial charge < -0.3 is 4.74 Å². The normalized spacial score (nSPS) is 11.2. The number of hydrogen-bond donors (Lipinski definition) is 0. The molecule has 3 rings (SSSR count). The Labute approximate surface area is 159 Å². The predicted octanol–water partition coefficient (Wildman–Crippen LogP) is 6.19. The van der Waals surface area contributed by atoms with Crippen molar-refractivity contribution in [3.8, 4) is 23.1 Å². The molecule has 0 atom stereocenters. The van der Waals surface area contributed by atoms with Gasteiger partial charge in [0.2, 0.25) is 0 Å². The molecule has 0 aliphatic heterocycles. The molecule has 1 heterocycles. The van der Waals surface area contributed by atoms with Crippen LogP contribution in [0.4, 0.5) is 0 Å². The first-order chi connectivity index (χ1) is 12.1. The van der Waals surface area contributed by atoms with E-state index in [1.165, 1.54) is 11.3 Å². The second-order valence-corrected chi connectivity index (χ2v) is 6.83. The van der Waals surface area contributed by atoms with Gasteiger partial charge in [0.05, 0.1) is 18.4 Å². The van der Waals surface area contributed by atoms with E-state index in [4.69, 9.17) is 27.9 Å². The predicted molar refractivity (Wildman–Crippen MR) is 104 cm³/mol. The number of aromatic nitrogens is 1. The van der Waals surface area contributed by atoms with E-state index >= 15 is 0 Å². The maximum Gasteiger partial charge on any atom is 0.134 e. The van der Waals surface area contributed by atoms with Crippen LogP contribution in [-0.4, -0.2) is 12.1 Å². The van der Waals surface area contributed by atoms with Crippen LogP contribution >= 0.6 is 34.5 Å². The highest BCUT2D eigenvalue weighted by Crippen LogP contribution is 2.34. The summed E-state index contributed by atoms with van der Waals surface area (Å²) in [6.07, 6.45) is 1.79. The van der Waals surface area contributed by atoms with E-state index in [2.05, 4.69) is 11.1 Å². The second-order valence-electron chi connectivity index (χ2n) is 5.10. The van der Waals surface area contributed by atoms with Gasteiger partial charge in [-0.2, -0.15) is 5.26 Å². The second kappa shape index (κ2) is 7.71. The summed E-state index contributed by atoms with van der Waals surface area (Å²) >= 11 is 13.4. The molecule has 0 radical (unpaired) electrons. The summed E-state index contributed by atoms with van der Waals surface area (Å²) in [5, 5.41) is 13.3. The van der Waals surface area contributed by atoms with Gasteiger partial charge in [-0.15, -0.1) is 11.3 Å². The molecule has 3 aromatic rings. The topological polar surface area (TPSA) is 45.9 Å². The molecular weight excluding hydrogens is 375 g/mol. The smallest absolute Gasteiger partial charge is 0.134 e. The van der Waals surface area contributed by atoms with Crippen molar-refractivity contribution in [3.63, 3.8) is 0 Å². The Bertz CT molecular complexity index is 972. The molecule has 25 heavy (non-hydrogen) atoms. The maximum atomic E-state index is 9.50. The van der Waals surface area contributed by atoms with Crippen molar-refractivity contribution in [1.29, 1.82) is 5.26 Å². The Hall–Kier alpha value is -2.32. The lowest BCUT2D eigenvalue weighted by atomic mass is 10.1. The molecule has 2 aromatic carbocycles. The number of nitriles is 1. The SMILES string of the molecule is COc1ccc(Cl)cc1-c1csc(/C(C#N)=C\c2ccc(Cl)cc2)n1. The highest BCUT2D eigenvalue weighted by molar-refractivity contribution is 7.11. The molecule has 0 N–H and O–H groups in total. The Kier molecular flexibility index (Phi) is 5.40. The molecule has 0 fully saturated rings. The fourth-order valence-corrected chi connectivity index (χ4v) is 3.35. The molecule has 1 aromatic heterocycles. The van der Waals surface area contributed by atoms with E-state index < -0.39 is 0 Å². The van der Waals surface area contributed by atoms with Crippen molar-refractivity contribution in [2.45, 2.75) is 0 Å². The zero-order chi connectivity index (χ0) is 17.8. The van der Waals surface area contributed by atoms with Crippen LogP contribution < -0.4 is 4.74 Å². The summed E-state index contributed by atoms with van der Waals surface area (Å²) < 4.78 is 5.37. The van der Waals surface area contributed by atoms with Crippen molar-refractivity contribution >= 4 is 46.2 Å². The standard InChI is InChI=1S/C19H12Cl2N2OS/c1-24-18-7-6-15(21)9-16(18)17-11-25-19(23-17)13(10-22)8-12-2-4-14(20)5-3-12/h2-9,11H,1H3/b13-8-.